The van der Waals surface area contributed by atoms with Gasteiger partial charge in [-0.3, -0.25) is 10.1 Å². The van der Waals surface area contributed by atoms with E-state index in [1.807, 2.05) is 30.3 Å². The molecule has 104 valence electrons. The number of nitrogens with zero attached hydrogens (tertiary/aromatic N) is 2. The Hall–Kier alpha value is -2.95. The predicted octanol–water partition coefficient (Wildman–Crippen LogP) is 3.82. The number of fused-ring (bicyclic) bond motifs is 1. The average molecular weight is 280 g/mol. The van der Waals surface area contributed by atoms with E-state index in [1.165, 1.54) is 12.1 Å². The monoisotopic (exact) mass is 280 g/mol. The second-order valence-electron chi connectivity index (χ2n) is 4.53. The first kappa shape index (κ1) is 13.1. The van der Waals surface area contributed by atoms with Crippen LogP contribution in [-0.2, 0) is 0 Å². The lowest BCUT2D eigenvalue weighted by Gasteiger charge is -2.08. The van der Waals surface area contributed by atoms with Crippen molar-refractivity contribution < 1.29 is 9.66 Å². The molecule has 21 heavy (non-hydrogen) atoms. The summed E-state index contributed by atoms with van der Waals surface area (Å²) in [5, 5.41) is 11.6. The third-order valence-electron chi connectivity index (χ3n) is 3.27. The number of ether oxygens (including phenoxy) is 1. The van der Waals surface area contributed by atoms with E-state index in [0.29, 0.717) is 0 Å². The maximum atomic E-state index is 10.7. The molecule has 1 heterocycles. The Bertz CT molecular complexity index is 813. The van der Waals surface area contributed by atoms with Crippen LogP contribution in [0.2, 0.25) is 0 Å². The molecule has 0 saturated carbocycles. The normalized spacial score (nSPS) is 10.5. The van der Waals surface area contributed by atoms with Gasteiger partial charge in [-0.1, -0.05) is 12.1 Å². The molecular formula is C16H12N2O3. The molecule has 0 amide bonds. The van der Waals surface area contributed by atoms with Crippen molar-refractivity contribution in [2.45, 2.75) is 0 Å². The van der Waals surface area contributed by atoms with Crippen LogP contribution in [-0.4, -0.2) is 17.0 Å². The lowest BCUT2D eigenvalue weighted by Crippen LogP contribution is -1.92. The van der Waals surface area contributed by atoms with E-state index in [2.05, 4.69) is 4.98 Å². The molecule has 2 aromatic carbocycles. The number of nitro benzene ring substituents is 1. The van der Waals surface area contributed by atoms with Crippen LogP contribution in [0.4, 0.5) is 5.69 Å². The van der Waals surface area contributed by atoms with Gasteiger partial charge in [-0.05, 0) is 24.3 Å². The molecule has 5 heteroatoms. The highest BCUT2D eigenvalue weighted by molar-refractivity contribution is 5.87. The molecule has 5 nitrogen and oxygen atoms in total. The SMILES string of the molecule is COc1cc(-c2ccc([N+](=O)[O-])cc2)nc2ccccc12. The molecule has 0 fully saturated rings. The molecule has 0 aliphatic rings. The van der Waals surface area contributed by atoms with Crippen molar-refractivity contribution in [1.29, 1.82) is 0 Å². The summed E-state index contributed by atoms with van der Waals surface area (Å²) in [6.45, 7) is 0. The number of pyridine rings is 1. The Morgan fingerprint density at radius 1 is 1.10 bits per heavy atom. The fourth-order valence-corrected chi connectivity index (χ4v) is 2.21. The van der Waals surface area contributed by atoms with Crippen molar-refractivity contribution in [2.75, 3.05) is 7.11 Å². The van der Waals surface area contributed by atoms with Crippen molar-refractivity contribution in [3.63, 3.8) is 0 Å². The van der Waals surface area contributed by atoms with Crippen molar-refractivity contribution in [2.24, 2.45) is 0 Å². The van der Waals surface area contributed by atoms with Crippen LogP contribution in [0.3, 0.4) is 0 Å². The van der Waals surface area contributed by atoms with Gasteiger partial charge in [0, 0.05) is 29.1 Å². The summed E-state index contributed by atoms with van der Waals surface area (Å²) in [6, 6.07) is 15.9. The second kappa shape index (κ2) is 5.20. The van der Waals surface area contributed by atoms with Crippen molar-refractivity contribution >= 4 is 16.6 Å². The van der Waals surface area contributed by atoms with E-state index in [0.717, 1.165) is 27.9 Å². The number of hydrogen-bond donors (Lipinski definition) is 0. The molecule has 0 N–H and O–H groups in total. The average Bonchev–Trinajstić information content (AvgIpc) is 2.53. The van der Waals surface area contributed by atoms with Crippen molar-refractivity contribution in [3.8, 4) is 17.0 Å². The van der Waals surface area contributed by atoms with E-state index in [-0.39, 0.29) is 5.69 Å². The van der Waals surface area contributed by atoms with Gasteiger partial charge in [0.1, 0.15) is 5.75 Å². The number of rotatable bonds is 3. The third kappa shape index (κ3) is 2.41. The highest BCUT2D eigenvalue weighted by atomic mass is 16.6. The van der Waals surface area contributed by atoms with Crippen molar-refractivity contribution in [3.05, 3.63) is 64.7 Å². The van der Waals surface area contributed by atoms with Crippen LogP contribution in [0, 0.1) is 10.1 Å². The molecule has 1 aromatic heterocycles. The molecule has 0 spiro atoms. The molecule has 0 saturated heterocycles. The lowest BCUT2D eigenvalue weighted by molar-refractivity contribution is -0.384. The zero-order valence-electron chi connectivity index (χ0n) is 11.3. The van der Waals surface area contributed by atoms with Gasteiger partial charge in [0.05, 0.1) is 23.2 Å². The van der Waals surface area contributed by atoms with Gasteiger partial charge in [-0.15, -0.1) is 0 Å². The maximum absolute atomic E-state index is 10.7. The molecule has 0 bridgehead atoms. The van der Waals surface area contributed by atoms with Crippen LogP contribution in [0.25, 0.3) is 22.2 Å². The molecule has 0 atom stereocenters. The van der Waals surface area contributed by atoms with Gasteiger partial charge in [-0.25, -0.2) is 4.98 Å². The smallest absolute Gasteiger partial charge is 0.269 e. The van der Waals surface area contributed by atoms with Gasteiger partial charge >= 0.3 is 0 Å². The van der Waals surface area contributed by atoms with E-state index in [4.69, 9.17) is 4.74 Å². The van der Waals surface area contributed by atoms with E-state index >= 15 is 0 Å². The summed E-state index contributed by atoms with van der Waals surface area (Å²) >= 11 is 0. The zero-order chi connectivity index (χ0) is 14.8. The summed E-state index contributed by atoms with van der Waals surface area (Å²) in [7, 11) is 1.61. The van der Waals surface area contributed by atoms with Crippen LogP contribution >= 0.6 is 0 Å². The number of non-ortho nitro benzene ring substituents is 1. The van der Waals surface area contributed by atoms with E-state index in [9.17, 15) is 10.1 Å². The first-order valence-electron chi connectivity index (χ1n) is 6.37. The first-order chi connectivity index (χ1) is 10.2. The maximum Gasteiger partial charge on any atom is 0.269 e. The van der Waals surface area contributed by atoms with Gasteiger partial charge in [0.2, 0.25) is 0 Å². The molecule has 0 unspecified atom stereocenters. The number of benzene rings is 2. The standard InChI is InChI=1S/C16H12N2O3/c1-21-16-10-15(17-14-5-3-2-4-13(14)16)11-6-8-12(9-7-11)18(19)20/h2-10H,1H3. The summed E-state index contributed by atoms with van der Waals surface area (Å²) in [5.74, 6) is 0.731. The first-order valence-corrected chi connectivity index (χ1v) is 6.37. The summed E-state index contributed by atoms with van der Waals surface area (Å²) in [5.41, 5.74) is 2.42. The van der Waals surface area contributed by atoms with Crippen LogP contribution in [0.1, 0.15) is 0 Å². The molecule has 0 radical (unpaired) electrons. The fourth-order valence-electron chi connectivity index (χ4n) is 2.21. The summed E-state index contributed by atoms with van der Waals surface area (Å²) in [4.78, 5) is 14.9. The topological polar surface area (TPSA) is 65.3 Å². The largest absolute Gasteiger partial charge is 0.496 e. The number of para-hydroxylation sites is 1. The Balaban J connectivity index is 2.13. The van der Waals surface area contributed by atoms with Gasteiger partial charge in [0.15, 0.2) is 0 Å². The minimum Gasteiger partial charge on any atom is -0.496 e. The number of aromatic nitrogens is 1. The van der Waals surface area contributed by atoms with Gasteiger partial charge in [0.25, 0.3) is 5.69 Å². The van der Waals surface area contributed by atoms with Crippen molar-refractivity contribution in [1.82, 2.24) is 4.98 Å². The predicted molar refractivity (Wildman–Crippen MR) is 80.4 cm³/mol. The molecular weight excluding hydrogens is 268 g/mol. The Morgan fingerprint density at radius 2 is 1.81 bits per heavy atom. The summed E-state index contributed by atoms with van der Waals surface area (Å²) < 4.78 is 5.40. The molecule has 0 aliphatic carbocycles. The third-order valence-corrected chi connectivity index (χ3v) is 3.27. The zero-order valence-corrected chi connectivity index (χ0v) is 11.3. The minimum atomic E-state index is -0.418. The molecule has 3 aromatic rings. The number of nitro groups is 1. The van der Waals surface area contributed by atoms with E-state index in [1.54, 1.807) is 19.2 Å². The number of hydrogen-bond acceptors (Lipinski definition) is 4. The highest BCUT2D eigenvalue weighted by Crippen LogP contribution is 2.30. The highest BCUT2D eigenvalue weighted by Gasteiger charge is 2.09. The minimum absolute atomic E-state index is 0.0616. The Labute approximate surface area is 121 Å². The number of methoxy groups -OCH3 is 1. The fraction of sp³-hybridized carbons (Fsp3) is 0.0625. The second-order valence-corrected chi connectivity index (χ2v) is 4.53. The molecule has 0 aliphatic heterocycles. The molecule has 3 rings (SSSR count). The van der Waals surface area contributed by atoms with Crippen LogP contribution < -0.4 is 4.74 Å². The van der Waals surface area contributed by atoms with Crippen LogP contribution in [0.5, 0.6) is 5.75 Å². The lowest BCUT2D eigenvalue weighted by atomic mass is 10.1. The van der Waals surface area contributed by atoms with Crippen LogP contribution in [0.15, 0.2) is 54.6 Å². The quantitative estimate of drug-likeness (QED) is 0.540. The summed E-state index contributed by atoms with van der Waals surface area (Å²) in [6.07, 6.45) is 0. The van der Waals surface area contributed by atoms with E-state index < -0.39 is 4.92 Å². The Kier molecular flexibility index (Phi) is 3.23. The Morgan fingerprint density at radius 3 is 2.48 bits per heavy atom. The van der Waals surface area contributed by atoms with Gasteiger partial charge < -0.3 is 4.74 Å². The van der Waals surface area contributed by atoms with Gasteiger partial charge in [-0.2, -0.15) is 0 Å².